The number of carbonyl (C=O) groups is 1. The molecule has 3 aromatic rings. The number of hydrogen-bond acceptors (Lipinski definition) is 5. The summed E-state index contributed by atoms with van der Waals surface area (Å²) in [4.78, 5) is 25.1. The van der Waals surface area contributed by atoms with Crippen LogP contribution in [0.15, 0.2) is 46.1 Å². The number of thiazole rings is 1. The topological polar surface area (TPSA) is 88.5 Å². The lowest BCUT2D eigenvalue weighted by molar-refractivity contribution is -0.120. The van der Waals surface area contributed by atoms with Crippen molar-refractivity contribution < 1.29 is 13.2 Å². The van der Waals surface area contributed by atoms with Crippen LogP contribution in [0, 0.1) is 19.8 Å². The molecule has 0 bridgehead atoms. The van der Waals surface area contributed by atoms with Crippen molar-refractivity contribution in [2.24, 2.45) is 5.92 Å². The monoisotopic (exact) mass is 487 g/mol. The van der Waals surface area contributed by atoms with Gasteiger partial charge in [-0.3, -0.25) is 14.2 Å². The maximum Gasteiger partial charge on any atom is 0.308 e. The highest BCUT2D eigenvalue weighted by Crippen LogP contribution is 2.28. The van der Waals surface area contributed by atoms with Crippen LogP contribution in [-0.2, 0) is 21.4 Å². The van der Waals surface area contributed by atoms with Crippen LogP contribution in [0.2, 0.25) is 0 Å². The zero-order chi connectivity index (χ0) is 23.8. The van der Waals surface area contributed by atoms with Gasteiger partial charge in [0, 0.05) is 31.2 Å². The third kappa shape index (κ3) is 4.90. The van der Waals surface area contributed by atoms with E-state index in [1.54, 1.807) is 22.8 Å². The third-order valence-corrected chi connectivity index (χ3v) is 8.88. The molecule has 0 atom stereocenters. The predicted molar refractivity (Wildman–Crippen MR) is 132 cm³/mol. The van der Waals surface area contributed by atoms with Crippen LogP contribution in [0.4, 0.5) is 5.69 Å². The summed E-state index contributed by atoms with van der Waals surface area (Å²) in [6.45, 7) is 7.17. The number of fused-ring (bicyclic) bond motifs is 1. The van der Waals surface area contributed by atoms with Crippen molar-refractivity contribution in [1.82, 2.24) is 8.87 Å². The molecule has 0 saturated carbocycles. The van der Waals surface area contributed by atoms with Crippen molar-refractivity contribution in [1.29, 1.82) is 0 Å². The molecule has 1 aliphatic rings. The van der Waals surface area contributed by atoms with Gasteiger partial charge in [0.25, 0.3) is 0 Å². The Bertz CT molecular complexity index is 1330. The molecule has 1 aliphatic heterocycles. The second-order valence-corrected chi connectivity index (χ2v) is 11.6. The largest absolute Gasteiger partial charge is 0.326 e. The van der Waals surface area contributed by atoms with E-state index in [1.165, 1.54) is 4.31 Å². The van der Waals surface area contributed by atoms with E-state index in [4.69, 9.17) is 0 Å². The van der Waals surface area contributed by atoms with Gasteiger partial charge in [-0.15, -0.1) is 0 Å². The Morgan fingerprint density at radius 1 is 1.09 bits per heavy atom. The first-order chi connectivity index (χ1) is 15.7. The van der Waals surface area contributed by atoms with Gasteiger partial charge >= 0.3 is 4.87 Å². The molecule has 33 heavy (non-hydrogen) atoms. The molecule has 0 spiro atoms. The first kappa shape index (κ1) is 23.7. The van der Waals surface area contributed by atoms with Gasteiger partial charge in [-0.1, -0.05) is 24.3 Å². The number of amides is 1. The third-order valence-electron chi connectivity index (χ3n) is 6.04. The van der Waals surface area contributed by atoms with E-state index in [-0.39, 0.29) is 21.6 Å². The van der Waals surface area contributed by atoms with E-state index < -0.39 is 10.0 Å². The Morgan fingerprint density at radius 2 is 1.76 bits per heavy atom. The van der Waals surface area contributed by atoms with Crippen LogP contribution < -0.4 is 10.2 Å². The minimum Gasteiger partial charge on any atom is -0.326 e. The summed E-state index contributed by atoms with van der Waals surface area (Å²) in [7, 11) is -3.69. The van der Waals surface area contributed by atoms with Crippen molar-refractivity contribution >= 4 is 43.2 Å². The number of sulfonamides is 1. The molecule has 7 nitrogen and oxygen atoms in total. The molecule has 1 N–H and O–H groups in total. The number of nitrogens with one attached hydrogen (secondary N) is 1. The summed E-state index contributed by atoms with van der Waals surface area (Å²) in [5, 5.41) is 2.98. The number of anilines is 1. The van der Waals surface area contributed by atoms with Gasteiger partial charge in [0.1, 0.15) is 0 Å². The fourth-order valence-electron chi connectivity index (χ4n) is 4.44. The number of hydrogen-bond donors (Lipinski definition) is 1. The Balaban J connectivity index is 1.45. The van der Waals surface area contributed by atoms with Crippen LogP contribution in [0.5, 0.6) is 0 Å². The van der Waals surface area contributed by atoms with E-state index >= 15 is 0 Å². The van der Waals surface area contributed by atoms with Crippen LogP contribution in [-0.4, -0.2) is 36.3 Å². The lowest BCUT2D eigenvalue weighted by Crippen LogP contribution is -2.41. The fourth-order valence-corrected chi connectivity index (χ4v) is 6.97. The summed E-state index contributed by atoms with van der Waals surface area (Å²) in [6.07, 6.45) is 1.77. The lowest BCUT2D eigenvalue weighted by Gasteiger charge is -2.30. The number of aromatic nitrogens is 1. The Hall–Kier alpha value is -2.49. The molecule has 176 valence electrons. The van der Waals surface area contributed by atoms with Gasteiger partial charge < -0.3 is 5.32 Å². The summed E-state index contributed by atoms with van der Waals surface area (Å²) in [5.41, 5.74) is 3.71. The highest BCUT2D eigenvalue weighted by molar-refractivity contribution is 7.89. The number of piperidine rings is 1. The maximum atomic E-state index is 13.2. The minimum atomic E-state index is -3.69. The second-order valence-electron chi connectivity index (χ2n) is 8.69. The van der Waals surface area contributed by atoms with Crippen LogP contribution in [0.1, 0.15) is 37.3 Å². The fraction of sp³-hybridized carbons (Fsp3) is 0.417. The van der Waals surface area contributed by atoms with Crippen LogP contribution >= 0.6 is 11.3 Å². The molecule has 2 aromatic carbocycles. The van der Waals surface area contributed by atoms with Gasteiger partial charge in [-0.25, -0.2) is 8.42 Å². The van der Waals surface area contributed by atoms with Crippen molar-refractivity contribution in [2.75, 3.05) is 18.4 Å². The molecule has 1 fully saturated rings. The SMILES string of the molecule is CCCn1c(=O)sc2cc(S(=O)(=O)N3CCC(C(=O)Nc4cc(C)cc(C)c4)CC3)ccc21. The van der Waals surface area contributed by atoms with E-state index in [0.29, 0.717) is 37.2 Å². The molecule has 0 unspecified atom stereocenters. The quantitative estimate of drug-likeness (QED) is 0.566. The standard InChI is InChI=1S/C24H29N3O4S2/c1-4-9-27-21-6-5-20(15-22(21)32-24(27)29)33(30,31)26-10-7-18(8-11-26)23(28)25-19-13-16(2)12-17(3)14-19/h5-6,12-15,18H,4,7-11H2,1-3H3,(H,25,28). The van der Waals surface area contributed by atoms with Crippen LogP contribution in [0.3, 0.4) is 0 Å². The van der Waals surface area contributed by atoms with Gasteiger partial charge in [-0.05, 0) is 74.6 Å². The Kier molecular flexibility index (Phi) is 6.74. The van der Waals surface area contributed by atoms with Crippen molar-refractivity contribution in [3.8, 4) is 0 Å². The van der Waals surface area contributed by atoms with Crippen molar-refractivity contribution in [2.45, 2.75) is 51.5 Å². The zero-order valence-corrected chi connectivity index (χ0v) is 20.8. The predicted octanol–water partition coefficient (Wildman–Crippen LogP) is 4.13. The molecule has 0 radical (unpaired) electrons. The first-order valence-electron chi connectivity index (χ1n) is 11.2. The molecule has 1 aromatic heterocycles. The zero-order valence-electron chi connectivity index (χ0n) is 19.1. The molecular weight excluding hydrogens is 458 g/mol. The van der Waals surface area contributed by atoms with Crippen LogP contribution in [0.25, 0.3) is 10.2 Å². The molecule has 0 aliphatic carbocycles. The highest BCUT2D eigenvalue weighted by atomic mass is 32.2. The first-order valence-corrected chi connectivity index (χ1v) is 13.5. The molecule has 1 saturated heterocycles. The second kappa shape index (κ2) is 9.40. The van der Waals surface area contributed by atoms with Gasteiger partial charge in [-0.2, -0.15) is 4.31 Å². The lowest BCUT2D eigenvalue weighted by atomic mass is 9.97. The van der Waals surface area contributed by atoms with Gasteiger partial charge in [0.15, 0.2) is 0 Å². The number of carbonyl (C=O) groups excluding carboxylic acids is 1. The van der Waals surface area contributed by atoms with E-state index in [0.717, 1.165) is 40.1 Å². The highest BCUT2D eigenvalue weighted by Gasteiger charge is 2.32. The summed E-state index contributed by atoms with van der Waals surface area (Å²) < 4.78 is 30.3. The van der Waals surface area contributed by atoms with Gasteiger partial charge in [0.2, 0.25) is 15.9 Å². The molecular formula is C24H29N3O4S2. The summed E-state index contributed by atoms with van der Waals surface area (Å²) in [6, 6.07) is 10.8. The molecule has 2 heterocycles. The number of aryl methyl sites for hydroxylation is 3. The normalized spacial score (nSPS) is 15.7. The van der Waals surface area contributed by atoms with E-state index in [1.807, 2.05) is 39.0 Å². The maximum absolute atomic E-state index is 13.2. The van der Waals surface area contributed by atoms with E-state index in [9.17, 15) is 18.0 Å². The van der Waals surface area contributed by atoms with Crippen molar-refractivity contribution in [3.05, 3.63) is 57.2 Å². The van der Waals surface area contributed by atoms with Gasteiger partial charge in [0.05, 0.1) is 15.1 Å². The molecule has 4 rings (SSSR count). The number of rotatable bonds is 6. The average molecular weight is 488 g/mol. The van der Waals surface area contributed by atoms with Crippen molar-refractivity contribution in [3.63, 3.8) is 0 Å². The molecule has 9 heteroatoms. The van der Waals surface area contributed by atoms with E-state index in [2.05, 4.69) is 5.32 Å². The summed E-state index contributed by atoms with van der Waals surface area (Å²) in [5.74, 6) is -0.298. The average Bonchev–Trinajstić information content (AvgIpc) is 3.08. The molecule has 1 amide bonds. The Morgan fingerprint density at radius 3 is 2.39 bits per heavy atom. The number of nitrogens with zero attached hydrogens (tertiary/aromatic N) is 2. The number of benzene rings is 2. The minimum absolute atomic E-state index is 0.0690. The summed E-state index contributed by atoms with van der Waals surface area (Å²) >= 11 is 1.07. The smallest absolute Gasteiger partial charge is 0.308 e. The Labute approximate surface area is 198 Å².